The summed E-state index contributed by atoms with van der Waals surface area (Å²) in [5, 5.41) is 0.982. The topological polar surface area (TPSA) is 61.2 Å². The second kappa shape index (κ2) is 7.15. The number of carbonyl (C=O) groups is 1. The van der Waals surface area contributed by atoms with Gasteiger partial charge in [0.2, 0.25) is 0 Å². The third-order valence-corrected chi connectivity index (χ3v) is 4.10. The number of esters is 1. The molecule has 7 heteroatoms. The fourth-order valence-electron chi connectivity index (χ4n) is 2.22. The molecule has 0 aliphatic carbocycles. The number of nitrogens with zero attached hydrogens (tertiary/aromatic N) is 2. The highest BCUT2D eigenvalue weighted by Gasteiger charge is 2.09. The first kappa shape index (κ1) is 16.7. The van der Waals surface area contributed by atoms with Crippen LogP contribution in [0, 0.1) is 0 Å². The first-order valence-electron chi connectivity index (χ1n) is 7.14. The van der Waals surface area contributed by atoms with Crippen molar-refractivity contribution in [3.8, 4) is 5.75 Å². The Morgan fingerprint density at radius 2 is 2.08 bits per heavy atom. The van der Waals surface area contributed by atoms with Crippen LogP contribution in [-0.4, -0.2) is 15.5 Å². The van der Waals surface area contributed by atoms with E-state index < -0.39 is 5.97 Å². The van der Waals surface area contributed by atoms with Crippen LogP contribution in [0.3, 0.4) is 0 Å². The minimum absolute atomic E-state index is 0.0492. The van der Waals surface area contributed by atoms with E-state index in [1.807, 2.05) is 6.07 Å². The van der Waals surface area contributed by atoms with E-state index in [4.69, 9.17) is 16.3 Å². The number of hydrogen-bond acceptors (Lipinski definition) is 4. The van der Waals surface area contributed by atoms with Gasteiger partial charge in [-0.15, -0.1) is 0 Å². The molecule has 122 valence electrons. The Kier molecular flexibility index (Phi) is 4.97. The molecule has 0 unspecified atom stereocenters. The highest BCUT2D eigenvalue weighted by Crippen LogP contribution is 2.18. The van der Waals surface area contributed by atoms with Gasteiger partial charge in [-0.25, -0.2) is 4.98 Å². The van der Waals surface area contributed by atoms with Crippen molar-refractivity contribution in [2.75, 3.05) is 0 Å². The molecule has 2 aromatic carbocycles. The van der Waals surface area contributed by atoms with Crippen molar-refractivity contribution in [2.45, 2.75) is 13.0 Å². The number of benzene rings is 2. The average Bonchev–Trinajstić information content (AvgIpc) is 2.55. The predicted octanol–water partition coefficient (Wildman–Crippen LogP) is 3.81. The second-order valence-corrected chi connectivity index (χ2v) is 6.44. The number of hydrogen-bond donors (Lipinski definition) is 0. The minimum atomic E-state index is -0.446. The summed E-state index contributed by atoms with van der Waals surface area (Å²) < 4.78 is 7.39. The number of halogens is 2. The molecule has 0 spiro atoms. The number of aromatic nitrogens is 2. The van der Waals surface area contributed by atoms with Crippen LogP contribution in [0.1, 0.15) is 6.42 Å². The predicted molar refractivity (Wildman–Crippen MR) is 95.4 cm³/mol. The van der Waals surface area contributed by atoms with Crippen LogP contribution in [0.4, 0.5) is 0 Å². The Balaban J connectivity index is 1.72. The number of ether oxygens (including phenoxy) is 1. The number of rotatable bonds is 4. The van der Waals surface area contributed by atoms with Crippen LogP contribution in [0.5, 0.6) is 5.75 Å². The quantitative estimate of drug-likeness (QED) is 0.487. The van der Waals surface area contributed by atoms with E-state index in [9.17, 15) is 9.59 Å². The Hall–Kier alpha value is -2.18. The summed E-state index contributed by atoms with van der Waals surface area (Å²) >= 11 is 9.18. The Morgan fingerprint density at radius 3 is 2.88 bits per heavy atom. The van der Waals surface area contributed by atoms with Crippen LogP contribution in [-0.2, 0) is 11.3 Å². The van der Waals surface area contributed by atoms with Crippen molar-refractivity contribution in [3.63, 3.8) is 0 Å². The molecule has 1 heterocycles. The number of aryl methyl sites for hydroxylation is 1. The highest BCUT2D eigenvalue weighted by atomic mass is 79.9. The van der Waals surface area contributed by atoms with Gasteiger partial charge in [0.15, 0.2) is 0 Å². The second-order valence-electron chi connectivity index (χ2n) is 5.09. The minimum Gasteiger partial charge on any atom is -0.426 e. The smallest absolute Gasteiger partial charge is 0.312 e. The van der Waals surface area contributed by atoms with E-state index >= 15 is 0 Å². The molecule has 0 saturated carbocycles. The van der Waals surface area contributed by atoms with Gasteiger partial charge in [-0.2, -0.15) is 0 Å². The largest absolute Gasteiger partial charge is 0.426 e. The Morgan fingerprint density at radius 1 is 1.25 bits per heavy atom. The van der Waals surface area contributed by atoms with Crippen LogP contribution in [0.25, 0.3) is 10.9 Å². The zero-order valence-electron chi connectivity index (χ0n) is 12.4. The van der Waals surface area contributed by atoms with Crippen molar-refractivity contribution in [2.24, 2.45) is 0 Å². The molecule has 3 aromatic rings. The van der Waals surface area contributed by atoms with Gasteiger partial charge in [-0.05, 0) is 36.4 Å². The van der Waals surface area contributed by atoms with E-state index in [2.05, 4.69) is 20.9 Å². The standard InChI is InChI=1S/C17H12BrClN2O3/c18-11-4-5-15-14(8-11)17(23)21(10-20-15)7-6-16(22)24-13-3-1-2-12(19)9-13/h1-5,8-10H,6-7H2. The zero-order valence-corrected chi connectivity index (χ0v) is 14.8. The van der Waals surface area contributed by atoms with Crippen LogP contribution < -0.4 is 10.3 Å². The molecule has 0 radical (unpaired) electrons. The highest BCUT2D eigenvalue weighted by molar-refractivity contribution is 9.10. The molecule has 0 atom stereocenters. The summed E-state index contributed by atoms with van der Waals surface area (Å²) in [6.45, 7) is 0.188. The third-order valence-electron chi connectivity index (χ3n) is 3.37. The zero-order chi connectivity index (χ0) is 17.1. The van der Waals surface area contributed by atoms with Crippen molar-refractivity contribution in [3.05, 3.63) is 68.6 Å². The molecule has 0 N–H and O–H groups in total. The SMILES string of the molecule is O=C(CCn1cnc2ccc(Br)cc2c1=O)Oc1cccc(Cl)c1. The van der Waals surface area contributed by atoms with E-state index in [0.717, 1.165) is 4.47 Å². The van der Waals surface area contributed by atoms with E-state index in [0.29, 0.717) is 21.7 Å². The van der Waals surface area contributed by atoms with Gasteiger partial charge in [0.25, 0.3) is 5.56 Å². The van der Waals surface area contributed by atoms with Gasteiger partial charge < -0.3 is 4.74 Å². The summed E-state index contributed by atoms with van der Waals surface area (Å²) in [6, 6.07) is 11.9. The van der Waals surface area contributed by atoms with Gasteiger partial charge in [0.05, 0.1) is 23.7 Å². The molecule has 0 amide bonds. The monoisotopic (exact) mass is 406 g/mol. The van der Waals surface area contributed by atoms with E-state index in [1.54, 1.807) is 36.4 Å². The summed E-state index contributed by atoms with van der Waals surface area (Å²) in [5.41, 5.74) is 0.415. The lowest BCUT2D eigenvalue weighted by atomic mass is 10.2. The first-order chi connectivity index (χ1) is 11.5. The van der Waals surface area contributed by atoms with Gasteiger partial charge >= 0.3 is 5.97 Å². The molecule has 0 aliphatic heterocycles. The molecule has 0 saturated heterocycles. The van der Waals surface area contributed by atoms with Crippen LogP contribution in [0.2, 0.25) is 5.02 Å². The van der Waals surface area contributed by atoms with Gasteiger partial charge in [-0.3, -0.25) is 14.2 Å². The summed E-state index contributed by atoms with van der Waals surface area (Å²) in [7, 11) is 0. The molecular formula is C17H12BrClN2O3. The maximum Gasteiger partial charge on any atom is 0.312 e. The molecule has 0 aliphatic rings. The van der Waals surface area contributed by atoms with Gasteiger partial charge in [0.1, 0.15) is 5.75 Å². The molecule has 24 heavy (non-hydrogen) atoms. The lowest BCUT2D eigenvalue weighted by molar-refractivity contribution is -0.134. The van der Waals surface area contributed by atoms with Crippen molar-refractivity contribution in [1.82, 2.24) is 9.55 Å². The molecule has 1 aromatic heterocycles. The maximum absolute atomic E-state index is 12.4. The normalized spacial score (nSPS) is 10.8. The molecule has 5 nitrogen and oxygen atoms in total. The van der Waals surface area contributed by atoms with Gasteiger partial charge in [-0.1, -0.05) is 33.6 Å². The van der Waals surface area contributed by atoms with Crippen LogP contribution in [0.15, 0.2) is 58.1 Å². The van der Waals surface area contributed by atoms with E-state index in [-0.39, 0.29) is 18.5 Å². The first-order valence-corrected chi connectivity index (χ1v) is 8.31. The van der Waals surface area contributed by atoms with Crippen LogP contribution >= 0.6 is 27.5 Å². The molecule has 0 fully saturated rings. The molecule has 3 rings (SSSR count). The van der Waals surface area contributed by atoms with Crippen molar-refractivity contribution in [1.29, 1.82) is 0 Å². The Bertz CT molecular complexity index is 971. The van der Waals surface area contributed by atoms with E-state index in [1.165, 1.54) is 10.9 Å². The summed E-state index contributed by atoms with van der Waals surface area (Å²) in [4.78, 5) is 28.6. The lowest BCUT2D eigenvalue weighted by Crippen LogP contribution is -2.23. The fourth-order valence-corrected chi connectivity index (χ4v) is 2.76. The fraction of sp³-hybridized carbons (Fsp3) is 0.118. The Labute approximate surface area is 151 Å². The summed E-state index contributed by atoms with van der Waals surface area (Å²) in [6.07, 6.45) is 1.48. The summed E-state index contributed by atoms with van der Waals surface area (Å²) in [5.74, 6) is -0.0704. The van der Waals surface area contributed by atoms with Crippen molar-refractivity contribution < 1.29 is 9.53 Å². The third kappa shape index (κ3) is 3.83. The number of fused-ring (bicyclic) bond motifs is 1. The van der Waals surface area contributed by atoms with Crippen molar-refractivity contribution >= 4 is 44.4 Å². The average molecular weight is 408 g/mol. The number of carbonyl (C=O) groups excluding carboxylic acids is 1. The lowest BCUT2D eigenvalue weighted by Gasteiger charge is -2.07. The van der Waals surface area contributed by atoms with Gasteiger partial charge in [0, 0.05) is 16.0 Å². The maximum atomic E-state index is 12.4. The molecule has 0 bridgehead atoms. The molecular weight excluding hydrogens is 396 g/mol.